The van der Waals surface area contributed by atoms with Crippen LogP contribution in [0.1, 0.15) is 30.2 Å². The first-order valence-electron chi connectivity index (χ1n) is 10.00. The number of halogens is 2. The van der Waals surface area contributed by atoms with Crippen molar-refractivity contribution in [3.63, 3.8) is 0 Å². The molecular formula is C23H18BrClN4O2. The van der Waals surface area contributed by atoms with E-state index in [1.54, 1.807) is 19.2 Å². The molecule has 0 radical (unpaired) electrons. The van der Waals surface area contributed by atoms with Crippen LogP contribution >= 0.6 is 27.5 Å². The first-order valence-corrected chi connectivity index (χ1v) is 11.2. The average Bonchev–Trinajstić information content (AvgIpc) is 3.19. The normalized spacial score (nSPS) is 15.0. The van der Waals surface area contributed by atoms with Crippen molar-refractivity contribution in [2.45, 2.75) is 18.8 Å². The first kappa shape index (κ1) is 20.1. The summed E-state index contributed by atoms with van der Waals surface area (Å²) >= 11 is 9.62. The molecule has 1 aliphatic rings. The quantitative estimate of drug-likeness (QED) is 0.373. The van der Waals surface area contributed by atoms with E-state index in [-0.39, 0.29) is 17.0 Å². The van der Waals surface area contributed by atoms with E-state index in [1.807, 2.05) is 24.3 Å². The van der Waals surface area contributed by atoms with Gasteiger partial charge in [0.15, 0.2) is 11.5 Å². The minimum Gasteiger partial charge on any atom is -0.440 e. The van der Waals surface area contributed by atoms with Gasteiger partial charge in [0.25, 0.3) is 5.56 Å². The number of para-hydroxylation sites is 1. The van der Waals surface area contributed by atoms with Crippen molar-refractivity contribution in [3.05, 3.63) is 67.7 Å². The Kier molecular flexibility index (Phi) is 4.99. The van der Waals surface area contributed by atoms with Crippen molar-refractivity contribution in [1.29, 1.82) is 5.26 Å². The third-order valence-electron chi connectivity index (χ3n) is 5.97. The third-order valence-corrected chi connectivity index (χ3v) is 6.85. The fourth-order valence-electron chi connectivity index (χ4n) is 4.42. The molecule has 0 bridgehead atoms. The highest BCUT2D eigenvalue weighted by molar-refractivity contribution is 9.10. The van der Waals surface area contributed by atoms with Crippen LogP contribution in [0.2, 0.25) is 5.02 Å². The van der Waals surface area contributed by atoms with Crippen molar-refractivity contribution in [1.82, 2.24) is 9.55 Å². The molecule has 31 heavy (non-hydrogen) atoms. The molecule has 0 saturated carbocycles. The van der Waals surface area contributed by atoms with Gasteiger partial charge >= 0.3 is 0 Å². The zero-order chi connectivity index (χ0) is 21.7. The number of rotatable bonds is 2. The van der Waals surface area contributed by atoms with Gasteiger partial charge in [0.1, 0.15) is 17.1 Å². The van der Waals surface area contributed by atoms with Gasteiger partial charge in [-0.3, -0.25) is 4.79 Å². The molecule has 2 aromatic carbocycles. The number of aryl methyl sites for hydroxylation is 1. The Labute approximate surface area is 191 Å². The summed E-state index contributed by atoms with van der Waals surface area (Å²) in [4.78, 5) is 19.7. The van der Waals surface area contributed by atoms with Gasteiger partial charge in [-0.25, -0.2) is 4.98 Å². The van der Waals surface area contributed by atoms with Gasteiger partial charge < -0.3 is 13.9 Å². The number of hydrogen-bond donors (Lipinski definition) is 0. The number of oxazole rings is 1. The Hall–Kier alpha value is -2.82. The summed E-state index contributed by atoms with van der Waals surface area (Å²) in [5.41, 5.74) is 2.90. The molecule has 0 spiro atoms. The van der Waals surface area contributed by atoms with E-state index in [0.29, 0.717) is 35.3 Å². The summed E-state index contributed by atoms with van der Waals surface area (Å²) in [5, 5.41) is 11.3. The van der Waals surface area contributed by atoms with Gasteiger partial charge in [-0.1, -0.05) is 23.7 Å². The topological polar surface area (TPSA) is 75.1 Å². The molecule has 1 aliphatic heterocycles. The number of pyridine rings is 1. The highest BCUT2D eigenvalue weighted by Crippen LogP contribution is 2.37. The third kappa shape index (κ3) is 3.31. The number of aromatic nitrogens is 2. The maximum Gasteiger partial charge on any atom is 0.270 e. The molecule has 1 saturated heterocycles. The standard InChI is InChI=1S/C23H18BrClN4O2/c1-28-21-15(3-2-4-17(21)24)20(16(12-26)23(28)30)29-9-7-13(8-10-29)22-27-18-6-5-14(25)11-19(18)31-22/h2-6,11,13H,7-10H2,1H3. The van der Waals surface area contributed by atoms with Gasteiger partial charge in [-0.05, 0) is 47.0 Å². The molecule has 2 aromatic heterocycles. The fourth-order valence-corrected chi connectivity index (χ4v) is 5.22. The Morgan fingerprint density at radius 2 is 2.03 bits per heavy atom. The summed E-state index contributed by atoms with van der Waals surface area (Å²) in [6, 6.07) is 13.4. The Bertz CT molecular complexity index is 1430. The predicted molar refractivity (Wildman–Crippen MR) is 125 cm³/mol. The second-order valence-corrected chi connectivity index (χ2v) is 9.05. The number of hydrogen-bond acceptors (Lipinski definition) is 5. The number of benzene rings is 2. The molecule has 0 unspecified atom stereocenters. The van der Waals surface area contributed by atoms with Gasteiger partial charge in [-0.2, -0.15) is 5.26 Å². The number of piperidine rings is 1. The maximum atomic E-state index is 12.9. The van der Waals surface area contributed by atoms with E-state index in [1.165, 1.54) is 4.57 Å². The summed E-state index contributed by atoms with van der Waals surface area (Å²) in [6.07, 6.45) is 1.63. The van der Waals surface area contributed by atoms with Crippen molar-refractivity contribution < 1.29 is 4.42 Å². The second kappa shape index (κ2) is 7.70. The van der Waals surface area contributed by atoms with Crippen LogP contribution in [0, 0.1) is 11.3 Å². The van der Waals surface area contributed by atoms with Crippen LogP contribution in [-0.4, -0.2) is 22.6 Å². The van der Waals surface area contributed by atoms with E-state index in [2.05, 4.69) is 31.9 Å². The Morgan fingerprint density at radius 1 is 1.26 bits per heavy atom. The molecule has 8 heteroatoms. The average molecular weight is 498 g/mol. The zero-order valence-corrected chi connectivity index (χ0v) is 19.1. The van der Waals surface area contributed by atoms with Crippen molar-refractivity contribution in [3.8, 4) is 6.07 Å². The fraction of sp³-hybridized carbons (Fsp3) is 0.261. The number of nitrogens with zero attached hydrogens (tertiary/aromatic N) is 4. The van der Waals surface area contributed by atoms with Crippen molar-refractivity contribution >= 4 is 55.2 Å². The lowest BCUT2D eigenvalue weighted by Gasteiger charge is -2.33. The van der Waals surface area contributed by atoms with Crippen LogP contribution in [-0.2, 0) is 7.05 Å². The SMILES string of the molecule is Cn1c(=O)c(C#N)c(N2CCC(c3nc4ccc(Cl)cc4o3)CC2)c2cccc(Br)c21. The van der Waals surface area contributed by atoms with E-state index < -0.39 is 0 Å². The van der Waals surface area contributed by atoms with Gasteiger partial charge in [-0.15, -0.1) is 0 Å². The van der Waals surface area contributed by atoms with Crippen LogP contribution in [0.3, 0.4) is 0 Å². The molecule has 0 aliphatic carbocycles. The minimum absolute atomic E-state index is 0.178. The molecule has 0 amide bonds. The number of anilines is 1. The van der Waals surface area contributed by atoms with Crippen LogP contribution < -0.4 is 10.5 Å². The Morgan fingerprint density at radius 3 is 2.77 bits per heavy atom. The zero-order valence-electron chi connectivity index (χ0n) is 16.7. The monoisotopic (exact) mass is 496 g/mol. The molecule has 3 heterocycles. The predicted octanol–water partition coefficient (Wildman–Crippen LogP) is 5.35. The van der Waals surface area contributed by atoms with Gasteiger partial charge in [0.05, 0.1) is 11.2 Å². The lowest BCUT2D eigenvalue weighted by molar-refractivity contribution is 0.407. The Balaban J connectivity index is 1.50. The summed E-state index contributed by atoms with van der Waals surface area (Å²) < 4.78 is 8.34. The second-order valence-electron chi connectivity index (χ2n) is 7.76. The molecule has 0 N–H and O–H groups in total. The highest BCUT2D eigenvalue weighted by atomic mass is 79.9. The lowest BCUT2D eigenvalue weighted by Crippen LogP contribution is -2.36. The molecule has 6 nitrogen and oxygen atoms in total. The molecule has 0 atom stereocenters. The summed E-state index contributed by atoms with van der Waals surface area (Å²) in [5.74, 6) is 0.895. The minimum atomic E-state index is -0.283. The smallest absolute Gasteiger partial charge is 0.270 e. The van der Waals surface area contributed by atoms with Crippen LogP contribution in [0.4, 0.5) is 5.69 Å². The molecule has 1 fully saturated rings. The maximum absolute atomic E-state index is 12.9. The van der Waals surface area contributed by atoms with Crippen LogP contribution in [0.5, 0.6) is 0 Å². The lowest BCUT2D eigenvalue weighted by atomic mass is 9.95. The van der Waals surface area contributed by atoms with Gasteiger partial charge in [0.2, 0.25) is 0 Å². The first-order chi connectivity index (χ1) is 15.0. The molecular weight excluding hydrogens is 480 g/mol. The van der Waals surface area contributed by atoms with Crippen molar-refractivity contribution in [2.24, 2.45) is 7.05 Å². The van der Waals surface area contributed by atoms with E-state index >= 15 is 0 Å². The van der Waals surface area contributed by atoms with E-state index in [9.17, 15) is 10.1 Å². The van der Waals surface area contributed by atoms with Crippen LogP contribution in [0.15, 0.2) is 50.1 Å². The van der Waals surface area contributed by atoms with Gasteiger partial charge in [0, 0.05) is 47.0 Å². The summed E-state index contributed by atoms with van der Waals surface area (Å²) in [7, 11) is 1.70. The number of fused-ring (bicyclic) bond motifs is 2. The summed E-state index contributed by atoms with van der Waals surface area (Å²) in [6.45, 7) is 1.40. The van der Waals surface area contributed by atoms with E-state index in [4.69, 9.17) is 16.0 Å². The van der Waals surface area contributed by atoms with Crippen molar-refractivity contribution in [2.75, 3.05) is 18.0 Å². The molecule has 5 rings (SSSR count). The molecule has 4 aromatic rings. The molecule has 156 valence electrons. The number of nitriles is 1. The highest BCUT2D eigenvalue weighted by Gasteiger charge is 2.28. The largest absolute Gasteiger partial charge is 0.440 e. The van der Waals surface area contributed by atoms with Crippen LogP contribution in [0.25, 0.3) is 22.0 Å². The van der Waals surface area contributed by atoms with E-state index in [0.717, 1.165) is 33.7 Å².